The highest BCUT2D eigenvalue weighted by molar-refractivity contribution is 5.95. The van der Waals surface area contributed by atoms with Gasteiger partial charge >= 0.3 is 0 Å². The van der Waals surface area contributed by atoms with E-state index in [1.807, 2.05) is 43.3 Å². The third-order valence-electron chi connectivity index (χ3n) is 3.91. The fraction of sp³-hybridized carbons (Fsp3) is 0.286. The summed E-state index contributed by atoms with van der Waals surface area (Å²) < 4.78 is 21.2. The summed E-state index contributed by atoms with van der Waals surface area (Å²) in [6, 6.07) is 12.8. The number of hydrogen-bond donors (Lipinski definition) is 1. The minimum atomic E-state index is -0.191. The van der Waals surface area contributed by atoms with Crippen LogP contribution in [0.5, 0.6) is 23.0 Å². The predicted octanol–water partition coefficient (Wildman–Crippen LogP) is 3.31. The monoisotopic (exact) mass is 371 g/mol. The maximum Gasteiger partial charge on any atom is 0.244 e. The van der Waals surface area contributed by atoms with Gasteiger partial charge in [-0.05, 0) is 48.9 Å². The van der Waals surface area contributed by atoms with Crippen LogP contribution in [-0.2, 0) is 4.79 Å². The molecule has 2 rings (SSSR count). The maximum absolute atomic E-state index is 12.1. The van der Waals surface area contributed by atoms with Crippen LogP contribution in [0.1, 0.15) is 12.5 Å². The van der Waals surface area contributed by atoms with Gasteiger partial charge in [-0.25, -0.2) is 0 Å². The van der Waals surface area contributed by atoms with Crippen molar-refractivity contribution in [3.8, 4) is 23.0 Å². The zero-order chi connectivity index (χ0) is 19.6. The molecule has 0 fully saturated rings. The van der Waals surface area contributed by atoms with Gasteiger partial charge in [0, 0.05) is 17.7 Å². The summed E-state index contributed by atoms with van der Waals surface area (Å²) in [5.74, 6) is 2.65. The van der Waals surface area contributed by atoms with Crippen molar-refractivity contribution in [1.29, 1.82) is 0 Å². The summed E-state index contributed by atoms with van der Waals surface area (Å²) in [5, 5.41) is 2.81. The molecule has 0 aliphatic rings. The number of allylic oxidation sites excluding steroid dienone is 1. The van der Waals surface area contributed by atoms with Crippen LogP contribution in [-0.4, -0.2) is 40.4 Å². The lowest BCUT2D eigenvalue weighted by Gasteiger charge is -2.11. The first-order valence-corrected chi connectivity index (χ1v) is 8.52. The Labute approximate surface area is 159 Å². The number of carbonyl (C=O) groups excluding carboxylic acids is 1. The molecule has 0 radical (unpaired) electrons. The average molecular weight is 371 g/mol. The van der Waals surface area contributed by atoms with Gasteiger partial charge in [-0.15, -0.1) is 0 Å². The molecule has 2 aromatic rings. The quantitative estimate of drug-likeness (QED) is 0.541. The van der Waals surface area contributed by atoms with E-state index >= 15 is 0 Å². The summed E-state index contributed by atoms with van der Waals surface area (Å²) >= 11 is 0. The summed E-state index contributed by atoms with van der Waals surface area (Å²) in [6.45, 7) is 2.63. The van der Waals surface area contributed by atoms with E-state index in [0.717, 1.165) is 22.6 Å². The standard InChI is InChI=1S/C21H25NO5/c1-15(19-10-9-18(25-3)14-20(19)26-4)13-21(23)22-11-12-27-17-7-5-16(24-2)6-8-17/h5-10,13-14H,11-12H2,1-4H3,(H,22,23)/b15-13+. The predicted molar refractivity (Wildman–Crippen MR) is 105 cm³/mol. The molecule has 2 aromatic carbocycles. The number of methoxy groups -OCH3 is 3. The maximum atomic E-state index is 12.1. The fourth-order valence-corrected chi connectivity index (χ4v) is 2.46. The van der Waals surface area contributed by atoms with E-state index in [4.69, 9.17) is 18.9 Å². The molecule has 0 bridgehead atoms. The van der Waals surface area contributed by atoms with Crippen LogP contribution in [0.3, 0.4) is 0 Å². The second-order valence-corrected chi connectivity index (χ2v) is 5.71. The highest BCUT2D eigenvalue weighted by Crippen LogP contribution is 2.29. The van der Waals surface area contributed by atoms with Gasteiger partial charge in [0.1, 0.15) is 29.6 Å². The number of hydrogen-bond acceptors (Lipinski definition) is 5. The van der Waals surface area contributed by atoms with E-state index < -0.39 is 0 Å². The van der Waals surface area contributed by atoms with Crippen LogP contribution in [0, 0.1) is 0 Å². The van der Waals surface area contributed by atoms with E-state index in [9.17, 15) is 4.79 Å². The zero-order valence-electron chi connectivity index (χ0n) is 16.1. The third kappa shape index (κ3) is 5.95. The molecule has 27 heavy (non-hydrogen) atoms. The average Bonchev–Trinajstić information content (AvgIpc) is 2.71. The second kappa shape index (κ2) is 10.1. The van der Waals surface area contributed by atoms with Crippen molar-refractivity contribution >= 4 is 11.5 Å². The lowest BCUT2D eigenvalue weighted by Crippen LogP contribution is -2.26. The minimum Gasteiger partial charge on any atom is -0.497 e. The van der Waals surface area contributed by atoms with Crippen molar-refractivity contribution in [3.05, 3.63) is 54.1 Å². The van der Waals surface area contributed by atoms with Gasteiger partial charge in [0.2, 0.25) is 5.91 Å². The van der Waals surface area contributed by atoms with Gasteiger partial charge < -0.3 is 24.3 Å². The van der Waals surface area contributed by atoms with Gasteiger partial charge in [-0.3, -0.25) is 4.79 Å². The SMILES string of the molecule is COc1ccc(OCCNC(=O)/C=C(\C)c2ccc(OC)cc2OC)cc1. The Hall–Kier alpha value is -3.15. The lowest BCUT2D eigenvalue weighted by atomic mass is 10.1. The first kappa shape index (κ1) is 20.2. The van der Waals surface area contributed by atoms with E-state index in [0.29, 0.717) is 24.7 Å². The molecule has 0 spiro atoms. The van der Waals surface area contributed by atoms with Crippen molar-refractivity contribution in [3.63, 3.8) is 0 Å². The van der Waals surface area contributed by atoms with Crippen LogP contribution in [0.4, 0.5) is 0 Å². The highest BCUT2D eigenvalue weighted by atomic mass is 16.5. The molecule has 1 amide bonds. The smallest absolute Gasteiger partial charge is 0.244 e. The Bertz CT molecular complexity index is 784. The lowest BCUT2D eigenvalue weighted by molar-refractivity contribution is -0.116. The Kier molecular flexibility index (Phi) is 7.55. The van der Waals surface area contributed by atoms with E-state index in [2.05, 4.69) is 5.32 Å². The van der Waals surface area contributed by atoms with Gasteiger partial charge in [0.05, 0.1) is 27.9 Å². The van der Waals surface area contributed by atoms with Gasteiger partial charge in [-0.2, -0.15) is 0 Å². The topological polar surface area (TPSA) is 66.0 Å². The summed E-state index contributed by atoms with van der Waals surface area (Å²) in [4.78, 5) is 12.1. The molecular weight excluding hydrogens is 346 g/mol. The van der Waals surface area contributed by atoms with E-state index in [1.165, 1.54) is 6.08 Å². The molecule has 0 atom stereocenters. The number of amides is 1. The van der Waals surface area contributed by atoms with Crippen LogP contribution in [0.25, 0.3) is 5.57 Å². The Balaban J connectivity index is 1.86. The summed E-state index contributed by atoms with van der Waals surface area (Å²) in [5.41, 5.74) is 1.63. The largest absolute Gasteiger partial charge is 0.497 e. The Morgan fingerprint density at radius 1 is 0.926 bits per heavy atom. The normalized spacial score (nSPS) is 10.9. The molecule has 1 N–H and O–H groups in total. The minimum absolute atomic E-state index is 0.191. The molecule has 0 aromatic heterocycles. The number of rotatable bonds is 9. The van der Waals surface area contributed by atoms with Crippen molar-refractivity contribution in [1.82, 2.24) is 5.32 Å². The molecule has 144 valence electrons. The summed E-state index contributed by atoms with van der Waals surface area (Å²) in [6.07, 6.45) is 1.54. The van der Waals surface area contributed by atoms with Crippen molar-refractivity contribution in [2.75, 3.05) is 34.5 Å². The van der Waals surface area contributed by atoms with Gasteiger partial charge in [-0.1, -0.05) is 0 Å². The first-order valence-electron chi connectivity index (χ1n) is 8.52. The first-order chi connectivity index (χ1) is 13.1. The molecule has 0 aliphatic heterocycles. The molecule has 6 heteroatoms. The molecule has 0 heterocycles. The van der Waals surface area contributed by atoms with Crippen LogP contribution >= 0.6 is 0 Å². The number of benzene rings is 2. The second-order valence-electron chi connectivity index (χ2n) is 5.71. The van der Waals surface area contributed by atoms with Gasteiger partial charge in [0.25, 0.3) is 0 Å². The number of carbonyl (C=O) groups is 1. The zero-order valence-corrected chi connectivity index (χ0v) is 16.1. The van der Waals surface area contributed by atoms with Crippen LogP contribution in [0.15, 0.2) is 48.5 Å². The molecule has 0 aliphatic carbocycles. The molecule has 0 saturated carbocycles. The van der Waals surface area contributed by atoms with Gasteiger partial charge in [0.15, 0.2) is 0 Å². The number of nitrogens with one attached hydrogen (secondary N) is 1. The van der Waals surface area contributed by atoms with Crippen LogP contribution in [0.2, 0.25) is 0 Å². The van der Waals surface area contributed by atoms with E-state index in [-0.39, 0.29) is 5.91 Å². The fourth-order valence-electron chi connectivity index (χ4n) is 2.46. The molecule has 6 nitrogen and oxygen atoms in total. The third-order valence-corrected chi connectivity index (χ3v) is 3.91. The highest BCUT2D eigenvalue weighted by Gasteiger charge is 2.08. The Morgan fingerprint density at radius 2 is 1.56 bits per heavy atom. The Morgan fingerprint density at radius 3 is 2.19 bits per heavy atom. The van der Waals surface area contributed by atoms with E-state index in [1.54, 1.807) is 27.4 Å². The summed E-state index contributed by atoms with van der Waals surface area (Å²) in [7, 11) is 4.79. The van der Waals surface area contributed by atoms with Crippen molar-refractivity contribution in [2.24, 2.45) is 0 Å². The van der Waals surface area contributed by atoms with Crippen molar-refractivity contribution in [2.45, 2.75) is 6.92 Å². The molecule has 0 unspecified atom stereocenters. The van der Waals surface area contributed by atoms with Crippen LogP contribution < -0.4 is 24.3 Å². The van der Waals surface area contributed by atoms with Crippen molar-refractivity contribution < 1.29 is 23.7 Å². The molecular formula is C21H25NO5. The molecule has 0 saturated heterocycles. The number of ether oxygens (including phenoxy) is 4.